The first kappa shape index (κ1) is 21.8. The van der Waals surface area contributed by atoms with Gasteiger partial charge in [-0.3, -0.25) is 9.89 Å². The first-order chi connectivity index (χ1) is 11.4. The third-order valence-corrected chi connectivity index (χ3v) is 3.83. The minimum atomic E-state index is -4.15. The van der Waals surface area contributed by atoms with Crippen LogP contribution in [0.2, 0.25) is 0 Å². The number of nitrogens with zero attached hydrogens (tertiary/aromatic N) is 2. The second kappa shape index (κ2) is 10.0. The van der Waals surface area contributed by atoms with Crippen molar-refractivity contribution >= 4 is 29.9 Å². The second-order valence-corrected chi connectivity index (χ2v) is 5.76. The van der Waals surface area contributed by atoms with Crippen molar-refractivity contribution in [3.05, 3.63) is 29.8 Å². The summed E-state index contributed by atoms with van der Waals surface area (Å²) in [6.45, 7) is 0.486. The van der Waals surface area contributed by atoms with Gasteiger partial charge >= 0.3 is 6.18 Å². The molecule has 1 unspecified atom stereocenters. The zero-order valence-electron chi connectivity index (χ0n) is 14.3. The summed E-state index contributed by atoms with van der Waals surface area (Å²) in [4.78, 5) is 5.54. The number of aliphatic imine (C=N–C) groups is 1. The molecule has 25 heavy (non-hydrogen) atoms. The number of nitrogens with one attached hydrogen (secondary N) is 2. The second-order valence-electron chi connectivity index (χ2n) is 5.76. The van der Waals surface area contributed by atoms with E-state index in [1.165, 1.54) is 4.90 Å². The van der Waals surface area contributed by atoms with Crippen LogP contribution in [-0.4, -0.2) is 56.9 Å². The first-order valence-corrected chi connectivity index (χ1v) is 7.79. The average molecular weight is 472 g/mol. The van der Waals surface area contributed by atoms with Crippen molar-refractivity contribution in [3.63, 3.8) is 0 Å². The third kappa shape index (κ3) is 7.68. The Bertz CT molecular complexity index is 569. The smallest absolute Gasteiger partial charge is 0.401 e. The van der Waals surface area contributed by atoms with Gasteiger partial charge in [0, 0.05) is 32.7 Å². The zero-order chi connectivity index (χ0) is 17.6. The molecule has 1 aromatic carbocycles. The highest BCUT2D eigenvalue weighted by atomic mass is 127. The van der Waals surface area contributed by atoms with Crippen LogP contribution in [0.25, 0.3) is 0 Å². The molecule has 0 spiro atoms. The molecule has 1 atom stereocenters. The molecule has 1 saturated heterocycles. The number of benzene rings is 1. The highest BCUT2D eigenvalue weighted by molar-refractivity contribution is 14.0. The molecule has 1 aliphatic heterocycles. The largest absolute Gasteiger partial charge is 0.497 e. The van der Waals surface area contributed by atoms with E-state index in [-0.39, 0.29) is 30.0 Å². The van der Waals surface area contributed by atoms with Crippen molar-refractivity contribution in [2.45, 2.75) is 25.2 Å². The van der Waals surface area contributed by atoms with Gasteiger partial charge < -0.3 is 15.4 Å². The quantitative estimate of drug-likeness (QED) is 0.393. The standard InChI is InChI=1S/C16H23F3N4O.HI/c1-20-15(21-9-12-4-3-5-14(8-12)24-2)22-13-6-7-23(10-13)11-16(17,18)19;/h3-5,8,13H,6-7,9-11H2,1-2H3,(H2,20,21,22);1H. The number of rotatable bonds is 5. The average Bonchev–Trinajstić information content (AvgIpc) is 2.96. The van der Waals surface area contributed by atoms with E-state index < -0.39 is 12.7 Å². The van der Waals surface area contributed by atoms with E-state index in [0.717, 1.165) is 11.3 Å². The minimum Gasteiger partial charge on any atom is -0.497 e. The fourth-order valence-electron chi connectivity index (χ4n) is 2.70. The van der Waals surface area contributed by atoms with Gasteiger partial charge in [-0.1, -0.05) is 12.1 Å². The summed E-state index contributed by atoms with van der Waals surface area (Å²) in [7, 11) is 3.25. The highest BCUT2D eigenvalue weighted by Gasteiger charge is 2.34. The summed E-state index contributed by atoms with van der Waals surface area (Å²) in [6, 6.07) is 7.61. The molecule has 2 rings (SSSR count). The number of hydrogen-bond donors (Lipinski definition) is 2. The molecule has 142 valence electrons. The van der Waals surface area contributed by atoms with Crippen LogP contribution in [-0.2, 0) is 6.54 Å². The maximum Gasteiger partial charge on any atom is 0.401 e. The maximum atomic E-state index is 12.4. The number of methoxy groups -OCH3 is 1. The van der Waals surface area contributed by atoms with Crippen LogP contribution < -0.4 is 15.4 Å². The van der Waals surface area contributed by atoms with Gasteiger partial charge in [-0.05, 0) is 24.1 Å². The number of guanidine groups is 1. The van der Waals surface area contributed by atoms with Gasteiger partial charge in [-0.15, -0.1) is 24.0 Å². The number of hydrogen-bond acceptors (Lipinski definition) is 3. The van der Waals surface area contributed by atoms with Gasteiger partial charge in [0.05, 0.1) is 13.7 Å². The lowest BCUT2D eigenvalue weighted by atomic mass is 10.2. The molecule has 0 radical (unpaired) electrons. The number of likely N-dealkylation sites (tertiary alicyclic amines) is 1. The lowest BCUT2D eigenvalue weighted by Crippen LogP contribution is -2.44. The SMILES string of the molecule is CN=C(NCc1cccc(OC)c1)NC1CCN(CC(F)(F)F)C1.I. The Morgan fingerprint density at radius 1 is 1.40 bits per heavy atom. The van der Waals surface area contributed by atoms with E-state index in [9.17, 15) is 13.2 Å². The van der Waals surface area contributed by atoms with Crippen molar-refractivity contribution in [1.29, 1.82) is 0 Å². The number of alkyl halides is 3. The van der Waals surface area contributed by atoms with Crippen molar-refractivity contribution in [2.75, 3.05) is 33.8 Å². The van der Waals surface area contributed by atoms with Crippen LogP contribution in [0.15, 0.2) is 29.3 Å². The summed E-state index contributed by atoms with van der Waals surface area (Å²) in [5, 5.41) is 6.35. The molecule has 1 aromatic rings. The lowest BCUT2D eigenvalue weighted by Gasteiger charge is -2.20. The molecule has 0 amide bonds. The van der Waals surface area contributed by atoms with Crippen LogP contribution in [0, 0.1) is 0 Å². The van der Waals surface area contributed by atoms with Crippen LogP contribution in [0.5, 0.6) is 5.75 Å². The van der Waals surface area contributed by atoms with Crippen molar-refractivity contribution < 1.29 is 17.9 Å². The van der Waals surface area contributed by atoms with Crippen LogP contribution in [0.4, 0.5) is 13.2 Å². The van der Waals surface area contributed by atoms with E-state index in [0.29, 0.717) is 32.0 Å². The van der Waals surface area contributed by atoms with Crippen molar-refractivity contribution in [2.24, 2.45) is 4.99 Å². The topological polar surface area (TPSA) is 48.9 Å². The Kier molecular flexibility index (Phi) is 8.77. The zero-order valence-corrected chi connectivity index (χ0v) is 16.6. The van der Waals surface area contributed by atoms with Crippen molar-refractivity contribution in [3.8, 4) is 5.75 Å². The fourth-order valence-corrected chi connectivity index (χ4v) is 2.70. The van der Waals surface area contributed by atoms with Crippen LogP contribution in [0.3, 0.4) is 0 Å². The molecule has 2 N–H and O–H groups in total. The van der Waals surface area contributed by atoms with Crippen LogP contribution >= 0.6 is 24.0 Å². The summed E-state index contributed by atoms with van der Waals surface area (Å²) < 4.78 is 42.5. The number of ether oxygens (including phenoxy) is 1. The van der Waals surface area contributed by atoms with Gasteiger partial charge in [0.15, 0.2) is 5.96 Å². The molecule has 9 heteroatoms. The van der Waals surface area contributed by atoms with Gasteiger partial charge in [0.1, 0.15) is 5.75 Å². The molecular weight excluding hydrogens is 448 g/mol. The summed E-state index contributed by atoms with van der Waals surface area (Å²) >= 11 is 0. The maximum absolute atomic E-state index is 12.4. The van der Waals surface area contributed by atoms with Gasteiger partial charge in [-0.25, -0.2) is 0 Å². The minimum absolute atomic E-state index is 0. The Morgan fingerprint density at radius 2 is 2.16 bits per heavy atom. The van der Waals surface area contributed by atoms with E-state index in [2.05, 4.69) is 15.6 Å². The van der Waals surface area contributed by atoms with E-state index in [1.54, 1.807) is 14.2 Å². The summed E-state index contributed by atoms with van der Waals surface area (Å²) in [5.41, 5.74) is 1.03. The first-order valence-electron chi connectivity index (χ1n) is 7.79. The molecule has 0 aliphatic carbocycles. The molecule has 0 bridgehead atoms. The predicted molar refractivity (Wildman–Crippen MR) is 103 cm³/mol. The van der Waals surface area contributed by atoms with E-state index in [4.69, 9.17) is 4.74 Å². The Balaban J connectivity index is 0.00000312. The molecule has 1 aliphatic rings. The summed E-state index contributed by atoms with van der Waals surface area (Å²) in [6.07, 6.45) is -3.49. The lowest BCUT2D eigenvalue weighted by molar-refractivity contribution is -0.143. The molecule has 5 nitrogen and oxygen atoms in total. The summed E-state index contributed by atoms with van der Waals surface area (Å²) in [5.74, 6) is 1.35. The van der Waals surface area contributed by atoms with Gasteiger partial charge in [0.25, 0.3) is 0 Å². The highest BCUT2D eigenvalue weighted by Crippen LogP contribution is 2.20. The third-order valence-electron chi connectivity index (χ3n) is 3.83. The van der Waals surface area contributed by atoms with E-state index >= 15 is 0 Å². The van der Waals surface area contributed by atoms with Gasteiger partial charge in [-0.2, -0.15) is 13.2 Å². The Labute approximate surface area is 163 Å². The predicted octanol–water partition coefficient (Wildman–Crippen LogP) is 2.61. The fraction of sp³-hybridized carbons (Fsp3) is 0.562. The van der Waals surface area contributed by atoms with E-state index in [1.807, 2.05) is 24.3 Å². The van der Waals surface area contributed by atoms with Crippen LogP contribution in [0.1, 0.15) is 12.0 Å². The molecule has 1 heterocycles. The Hall–Kier alpha value is -1.23. The van der Waals surface area contributed by atoms with Crippen molar-refractivity contribution in [1.82, 2.24) is 15.5 Å². The molecular formula is C16H24F3IN4O. The molecule has 0 aromatic heterocycles. The molecule has 1 fully saturated rings. The van der Waals surface area contributed by atoms with Gasteiger partial charge in [0.2, 0.25) is 0 Å². The number of halogens is 4. The normalized spacial score (nSPS) is 18.6. The Morgan fingerprint density at radius 3 is 2.80 bits per heavy atom. The monoisotopic (exact) mass is 472 g/mol. The molecule has 0 saturated carbocycles.